The third-order valence-electron chi connectivity index (χ3n) is 2.96. The maximum absolute atomic E-state index is 13.7. The highest BCUT2D eigenvalue weighted by Gasteiger charge is 2.05. The number of para-hydroxylation sites is 1. The fraction of sp³-hybridized carbons (Fsp3) is 0.250. The second kappa shape index (κ2) is 7.41. The zero-order valence-electron chi connectivity index (χ0n) is 11.3. The standard InChI is InChI=1S/C16H17BrFNO/c1-2-20-11-12-5-3-4-6-16(12)19-10-13-9-14(17)7-8-15(13)18/h3-9,19H,2,10-11H2,1H3. The molecule has 0 heterocycles. The van der Waals surface area contributed by atoms with Crippen LogP contribution in [0.2, 0.25) is 0 Å². The molecule has 0 bridgehead atoms. The van der Waals surface area contributed by atoms with Gasteiger partial charge in [0.05, 0.1) is 6.61 Å². The Morgan fingerprint density at radius 1 is 1.15 bits per heavy atom. The third-order valence-corrected chi connectivity index (χ3v) is 3.45. The molecule has 0 amide bonds. The molecule has 0 aliphatic carbocycles. The van der Waals surface area contributed by atoms with Crippen molar-refractivity contribution in [3.63, 3.8) is 0 Å². The predicted octanol–water partition coefficient (Wildman–Crippen LogP) is 4.74. The van der Waals surface area contributed by atoms with Crippen LogP contribution in [0.3, 0.4) is 0 Å². The zero-order valence-corrected chi connectivity index (χ0v) is 12.9. The van der Waals surface area contributed by atoms with Gasteiger partial charge in [-0.15, -0.1) is 0 Å². The highest BCUT2D eigenvalue weighted by Crippen LogP contribution is 2.20. The number of anilines is 1. The van der Waals surface area contributed by atoms with Crippen LogP contribution in [-0.2, 0) is 17.9 Å². The van der Waals surface area contributed by atoms with E-state index in [2.05, 4.69) is 21.2 Å². The van der Waals surface area contributed by atoms with Crippen molar-refractivity contribution < 1.29 is 9.13 Å². The first-order valence-corrected chi connectivity index (χ1v) is 7.33. The quantitative estimate of drug-likeness (QED) is 0.822. The van der Waals surface area contributed by atoms with Crippen molar-refractivity contribution in [2.24, 2.45) is 0 Å². The summed E-state index contributed by atoms with van der Waals surface area (Å²) in [7, 11) is 0. The summed E-state index contributed by atoms with van der Waals surface area (Å²) in [4.78, 5) is 0. The van der Waals surface area contributed by atoms with Gasteiger partial charge in [0.15, 0.2) is 0 Å². The molecule has 4 heteroatoms. The van der Waals surface area contributed by atoms with Crippen LogP contribution >= 0.6 is 15.9 Å². The Kier molecular flexibility index (Phi) is 5.56. The average molecular weight is 338 g/mol. The molecule has 2 aromatic rings. The first kappa shape index (κ1) is 15.0. The van der Waals surface area contributed by atoms with E-state index in [1.54, 1.807) is 12.1 Å². The van der Waals surface area contributed by atoms with Crippen molar-refractivity contribution in [2.75, 3.05) is 11.9 Å². The molecule has 0 aromatic heterocycles. The molecule has 20 heavy (non-hydrogen) atoms. The smallest absolute Gasteiger partial charge is 0.128 e. The third kappa shape index (κ3) is 4.05. The minimum Gasteiger partial charge on any atom is -0.381 e. The first-order valence-electron chi connectivity index (χ1n) is 6.54. The summed E-state index contributed by atoms with van der Waals surface area (Å²) in [6.45, 7) is 3.64. The van der Waals surface area contributed by atoms with Gasteiger partial charge in [-0.05, 0) is 31.2 Å². The SMILES string of the molecule is CCOCc1ccccc1NCc1cc(Br)ccc1F. The normalized spacial score (nSPS) is 10.6. The summed E-state index contributed by atoms with van der Waals surface area (Å²) in [6, 6.07) is 12.9. The largest absolute Gasteiger partial charge is 0.381 e. The minimum atomic E-state index is -0.206. The lowest BCUT2D eigenvalue weighted by molar-refractivity contribution is 0.134. The Morgan fingerprint density at radius 3 is 2.75 bits per heavy atom. The van der Waals surface area contributed by atoms with Crippen molar-refractivity contribution in [3.05, 3.63) is 63.9 Å². The molecule has 0 atom stereocenters. The predicted molar refractivity (Wildman–Crippen MR) is 83.2 cm³/mol. The van der Waals surface area contributed by atoms with E-state index in [0.717, 1.165) is 15.7 Å². The van der Waals surface area contributed by atoms with Crippen LogP contribution in [0.1, 0.15) is 18.1 Å². The molecule has 0 radical (unpaired) electrons. The number of benzene rings is 2. The molecule has 0 saturated heterocycles. The van der Waals surface area contributed by atoms with E-state index in [-0.39, 0.29) is 5.82 Å². The lowest BCUT2D eigenvalue weighted by Gasteiger charge is -2.12. The highest BCUT2D eigenvalue weighted by atomic mass is 79.9. The molecule has 1 N–H and O–H groups in total. The van der Waals surface area contributed by atoms with Crippen molar-refractivity contribution in [1.82, 2.24) is 0 Å². The van der Waals surface area contributed by atoms with Gasteiger partial charge in [0.25, 0.3) is 0 Å². The van der Waals surface area contributed by atoms with E-state index in [1.807, 2.05) is 31.2 Å². The van der Waals surface area contributed by atoms with E-state index in [4.69, 9.17) is 4.74 Å². The van der Waals surface area contributed by atoms with E-state index < -0.39 is 0 Å². The zero-order chi connectivity index (χ0) is 14.4. The Morgan fingerprint density at radius 2 is 1.95 bits per heavy atom. The number of hydrogen-bond donors (Lipinski definition) is 1. The minimum absolute atomic E-state index is 0.206. The molecular weight excluding hydrogens is 321 g/mol. The Bertz CT molecular complexity index is 574. The van der Waals surface area contributed by atoms with Gasteiger partial charge in [0, 0.05) is 34.4 Å². The maximum Gasteiger partial charge on any atom is 0.128 e. The molecule has 2 aromatic carbocycles. The fourth-order valence-corrected chi connectivity index (χ4v) is 2.31. The van der Waals surface area contributed by atoms with E-state index in [0.29, 0.717) is 25.3 Å². The van der Waals surface area contributed by atoms with Gasteiger partial charge in [-0.1, -0.05) is 34.1 Å². The van der Waals surface area contributed by atoms with Crippen molar-refractivity contribution in [1.29, 1.82) is 0 Å². The monoisotopic (exact) mass is 337 g/mol. The van der Waals surface area contributed by atoms with Gasteiger partial charge in [-0.2, -0.15) is 0 Å². The van der Waals surface area contributed by atoms with Crippen LogP contribution in [0.15, 0.2) is 46.9 Å². The van der Waals surface area contributed by atoms with E-state index >= 15 is 0 Å². The van der Waals surface area contributed by atoms with Gasteiger partial charge >= 0.3 is 0 Å². The summed E-state index contributed by atoms with van der Waals surface area (Å²) in [5.41, 5.74) is 2.68. The topological polar surface area (TPSA) is 21.3 Å². The van der Waals surface area contributed by atoms with E-state index in [9.17, 15) is 4.39 Å². The Labute approximate surface area is 127 Å². The summed E-state index contributed by atoms with van der Waals surface area (Å²) in [5, 5.41) is 3.27. The molecule has 2 rings (SSSR count). The summed E-state index contributed by atoms with van der Waals surface area (Å²) in [6.07, 6.45) is 0. The first-order chi connectivity index (χ1) is 9.70. The van der Waals surface area contributed by atoms with Gasteiger partial charge in [0.1, 0.15) is 5.82 Å². The van der Waals surface area contributed by atoms with Gasteiger partial charge in [-0.3, -0.25) is 0 Å². The van der Waals surface area contributed by atoms with Crippen molar-refractivity contribution in [2.45, 2.75) is 20.1 Å². The van der Waals surface area contributed by atoms with Gasteiger partial charge < -0.3 is 10.1 Å². The molecule has 106 valence electrons. The Hall–Kier alpha value is -1.39. The number of hydrogen-bond acceptors (Lipinski definition) is 2. The molecule has 0 aliphatic heterocycles. The molecule has 0 unspecified atom stereocenters. The second-order valence-corrected chi connectivity index (χ2v) is 5.30. The number of halogens is 2. The summed E-state index contributed by atoms with van der Waals surface area (Å²) < 4.78 is 20.0. The van der Waals surface area contributed by atoms with Gasteiger partial charge in [0.2, 0.25) is 0 Å². The van der Waals surface area contributed by atoms with Crippen LogP contribution in [0, 0.1) is 5.82 Å². The molecule has 0 saturated carbocycles. The second-order valence-electron chi connectivity index (χ2n) is 4.38. The van der Waals surface area contributed by atoms with Crippen LogP contribution in [-0.4, -0.2) is 6.61 Å². The fourth-order valence-electron chi connectivity index (χ4n) is 1.90. The van der Waals surface area contributed by atoms with Gasteiger partial charge in [-0.25, -0.2) is 4.39 Å². The molecule has 0 aliphatic rings. The van der Waals surface area contributed by atoms with Crippen LogP contribution in [0.4, 0.5) is 10.1 Å². The number of ether oxygens (including phenoxy) is 1. The maximum atomic E-state index is 13.7. The molecule has 2 nitrogen and oxygen atoms in total. The van der Waals surface area contributed by atoms with Crippen LogP contribution in [0.25, 0.3) is 0 Å². The lowest BCUT2D eigenvalue weighted by atomic mass is 10.1. The molecular formula is C16H17BrFNO. The highest BCUT2D eigenvalue weighted by molar-refractivity contribution is 9.10. The average Bonchev–Trinajstić information content (AvgIpc) is 2.47. The van der Waals surface area contributed by atoms with Crippen LogP contribution < -0.4 is 5.32 Å². The number of rotatable bonds is 6. The number of nitrogens with one attached hydrogen (secondary N) is 1. The summed E-state index contributed by atoms with van der Waals surface area (Å²) >= 11 is 3.36. The van der Waals surface area contributed by atoms with Crippen molar-refractivity contribution >= 4 is 21.6 Å². The van der Waals surface area contributed by atoms with E-state index in [1.165, 1.54) is 6.07 Å². The lowest BCUT2D eigenvalue weighted by Crippen LogP contribution is -2.05. The Balaban J connectivity index is 2.08. The van der Waals surface area contributed by atoms with Crippen LogP contribution in [0.5, 0.6) is 0 Å². The molecule has 0 fully saturated rings. The molecule has 0 spiro atoms. The summed E-state index contributed by atoms with van der Waals surface area (Å²) in [5.74, 6) is -0.206. The van der Waals surface area contributed by atoms with Crippen molar-refractivity contribution in [3.8, 4) is 0 Å².